The summed E-state index contributed by atoms with van der Waals surface area (Å²) in [5, 5.41) is 2.73. The Morgan fingerprint density at radius 2 is 2.38 bits per heavy atom. The molecule has 2 heteroatoms. The number of carbonyl (C=O) groups excluding carboxylic acids is 1. The molecule has 0 spiro atoms. The zero-order valence-electron chi connectivity index (χ0n) is 7.50. The number of carbonyl (C=O) groups is 1. The van der Waals surface area contributed by atoms with Crippen molar-refractivity contribution in [2.75, 3.05) is 5.32 Å². The molecule has 1 aromatic rings. The molecule has 0 heterocycles. The van der Waals surface area contributed by atoms with E-state index in [-0.39, 0.29) is 5.91 Å². The Morgan fingerprint density at radius 1 is 1.62 bits per heavy atom. The first-order chi connectivity index (χ1) is 6.26. The summed E-state index contributed by atoms with van der Waals surface area (Å²) in [7, 11) is 0. The average Bonchev–Trinajstić information content (AvgIpc) is 2.18. The topological polar surface area (TPSA) is 29.1 Å². The van der Waals surface area contributed by atoms with Crippen molar-refractivity contribution < 1.29 is 4.79 Å². The second-order valence-corrected chi connectivity index (χ2v) is 2.63. The summed E-state index contributed by atoms with van der Waals surface area (Å²) >= 11 is 0. The minimum Gasteiger partial charge on any atom is -0.326 e. The first-order valence-corrected chi connectivity index (χ1v) is 4.12. The summed E-state index contributed by atoms with van der Waals surface area (Å²) in [6, 6.07) is 7.23. The second kappa shape index (κ2) is 4.32. The molecule has 0 aliphatic carbocycles. The molecule has 0 radical (unpaired) electrons. The molecule has 0 unspecified atom stereocenters. The van der Waals surface area contributed by atoms with Gasteiger partial charge in [-0.1, -0.05) is 18.9 Å². The number of terminal acetylenes is 1. The molecule has 0 aromatic heterocycles. The van der Waals surface area contributed by atoms with Gasteiger partial charge in [0.25, 0.3) is 0 Å². The lowest BCUT2D eigenvalue weighted by atomic mass is 10.2. The third kappa shape index (κ3) is 2.64. The highest BCUT2D eigenvalue weighted by atomic mass is 16.1. The van der Waals surface area contributed by atoms with Gasteiger partial charge in [-0.3, -0.25) is 4.79 Å². The minimum absolute atomic E-state index is 0.00540. The maximum atomic E-state index is 11.0. The Balaban J connectivity index is 2.79. The summed E-state index contributed by atoms with van der Waals surface area (Å²) < 4.78 is 0. The average molecular weight is 173 g/mol. The normalized spacial score (nSPS) is 8.92. The fourth-order valence-electron chi connectivity index (χ4n) is 0.936. The van der Waals surface area contributed by atoms with Crippen LogP contribution in [0, 0.1) is 12.3 Å². The number of hydrogen-bond donors (Lipinski definition) is 1. The Labute approximate surface area is 78.0 Å². The van der Waals surface area contributed by atoms with Crippen LogP contribution in [0.3, 0.4) is 0 Å². The van der Waals surface area contributed by atoms with Crippen molar-refractivity contribution in [3.63, 3.8) is 0 Å². The summed E-state index contributed by atoms with van der Waals surface area (Å²) in [5.74, 6) is 2.50. The smallest absolute Gasteiger partial charge is 0.224 e. The molecule has 0 saturated carbocycles. The summed E-state index contributed by atoms with van der Waals surface area (Å²) in [6.07, 6.45) is 5.69. The largest absolute Gasteiger partial charge is 0.326 e. The van der Waals surface area contributed by atoms with Gasteiger partial charge in [-0.25, -0.2) is 0 Å². The van der Waals surface area contributed by atoms with E-state index in [0.717, 1.165) is 11.3 Å². The van der Waals surface area contributed by atoms with Crippen molar-refractivity contribution in [2.24, 2.45) is 0 Å². The van der Waals surface area contributed by atoms with Crippen molar-refractivity contribution in [1.29, 1.82) is 0 Å². The van der Waals surface area contributed by atoms with E-state index in [1.54, 1.807) is 13.0 Å². The maximum Gasteiger partial charge on any atom is 0.224 e. The molecule has 0 saturated heterocycles. The maximum absolute atomic E-state index is 11.0. The Bertz CT molecular complexity index is 349. The van der Waals surface area contributed by atoms with Crippen molar-refractivity contribution in [3.05, 3.63) is 29.8 Å². The molecular weight excluding hydrogens is 162 g/mol. The van der Waals surface area contributed by atoms with Crippen LogP contribution in [0.15, 0.2) is 24.3 Å². The van der Waals surface area contributed by atoms with Gasteiger partial charge in [0.2, 0.25) is 5.91 Å². The van der Waals surface area contributed by atoms with Crippen LogP contribution in [0.4, 0.5) is 5.69 Å². The van der Waals surface area contributed by atoms with Gasteiger partial charge in [0, 0.05) is 17.7 Å². The highest BCUT2D eigenvalue weighted by Crippen LogP contribution is 2.09. The van der Waals surface area contributed by atoms with Gasteiger partial charge in [0.15, 0.2) is 0 Å². The molecule has 1 rings (SSSR count). The molecule has 0 atom stereocenters. The molecule has 66 valence electrons. The van der Waals surface area contributed by atoms with E-state index < -0.39 is 0 Å². The fraction of sp³-hybridized carbons (Fsp3) is 0.182. The molecule has 1 N–H and O–H groups in total. The van der Waals surface area contributed by atoms with Crippen LogP contribution in [0.2, 0.25) is 0 Å². The number of nitrogens with one attached hydrogen (secondary N) is 1. The van der Waals surface area contributed by atoms with E-state index in [9.17, 15) is 4.79 Å². The Hall–Kier alpha value is -1.75. The zero-order chi connectivity index (χ0) is 9.68. The van der Waals surface area contributed by atoms with Crippen LogP contribution >= 0.6 is 0 Å². The van der Waals surface area contributed by atoms with E-state index in [1.165, 1.54) is 0 Å². The van der Waals surface area contributed by atoms with Gasteiger partial charge < -0.3 is 5.32 Å². The molecule has 13 heavy (non-hydrogen) atoms. The van der Waals surface area contributed by atoms with Crippen LogP contribution < -0.4 is 5.32 Å². The van der Waals surface area contributed by atoms with Gasteiger partial charge in [0.1, 0.15) is 0 Å². The van der Waals surface area contributed by atoms with Crippen LogP contribution in [0.1, 0.15) is 18.9 Å². The van der Waals surface area contributed by atoms with E-state index in [4.69, 9.17) is 6.42 Å². The van der Waals surface area contributed by atoms with E-state index in [2.05, 4.69) is 11.2 Å². The first-order valence-electron chi connectivity index (χ1n) is 4.12. The first kappa shape index (κ1) is 9.34. The molecule has 1 aromatic carbocycles. The number of rotatable bonds is 2. The Morgan fingerprint density at radius 3 is 3.00 bits per heavy atom. The highest BCUT2D eigenvalue weighted by Gasteiger charge is 1.98. The molecule has 1 amide bonds. The van der Waals surface area contributed by atoms with Gasteiger partial charge in [-0.15, -0.1) is 6.42 Å². The highest BCUT2D eigenvalue weighted by molar-refractivity contribution is 5.90. The summed E-state index contributed by atoms with van der Waals surface area (Å²) in [4.78, 5) is 11.0. The number of amides is 1. The van der Waals surface area contributed by atoms with Crippen molar-refractivity contribution in [3.8, 4) is 12.3 Å². The number of benzene rings is 1. The van der Waals surface area contributed by atoms with Gasteiger partial charge in [-0.05, 0) is 18.2 Å². The quantitative estimate of drug-likeness (QED) is 0.681. The molecule has 0 aliphatic rings. The molecule has 0 aliphatic heterocycles. The molecule has 2 nitrogen and oxygen atoms in total. The molecular formula is C11H11NO. The van der Waals surface area contributed by atoms with Crippen LogP contribution in [0.5, 0.6) is 0 Å². The number of hydrogen-bond acceptors (Lipinski definition) is 1. The summed E-state index contributed by atoms with van der Waals surface area (Å²) in [6.45, 7) is 1.81. The van der Waals surface area contributed by atoms with Gasteiger partial charge >= 0.3 is 0 Å². The van der Waals surface area contributed by atoms with Crippen molar-refractivity contribution in [1.82, 2.24) is 0 Å². The van der Waals surface area contributed by atoms with E-state index >= 15 is 0 Å². The minimum atomic E-state index is -0.00540. The standard InChI is InChI=1S/C11H11NO/c1-3-9-6-5-7-10(8-9)12-11(13)4-2/h1,5-8H,4H2,2H3,(H,12,13). The van der Waals surface area contributed by atoms with Crippen LogP contribution in [0.25, 0.3) is 0 Å². The van der Waals surface area contributed by atoms with Crippen LogP contribution in [-0.2, 0) is 4.79 Å². The number of anilines is 1. The van der Waals surface area contributed by atoms with E-state index in [0.29, 0.717) is 6.42 Å². The Kier molecular flexibility index (Phi) is 3.10. The van der Waals surface area contributed by atoms with Crippen LogP contribution in [-0.4, -0.2) is 5.91 Å². The van der Waals surface area contributed by atoms with Crippen molar-refractivity contribution >= 4 is 11.6 Å². The second-order valence-electron chi connectivity index (χ2n) is 2.63. The van der Waals surface area contributed by atoms with E-state index in [1.807, 2.05) is 18.2 Å². The lowest BCUT2D eigenvalue weighted by molar-refractivity contribution is -0.115. The third-order valence-electron chi connectivity index (χ3n) is 1.63. The SMILES string of the molecule is C#Cc1cccc(NC(=O)CC)c1. The predicted octanol–water partition coefficient (Wildman–Crippen LogP) is 2.02. The predicted molar refractivity (Wildman–Crippen MR) is 53.3 cm³/mol. The fourth-order valence-corrected chi connectivity index (χ4v) is 0.936. The molecule has 0 bridgehead atoms. The lowest BCUT2D eigenvalue weighted by Crippen LogP contribution is -2.09. The lowest BCUT2D eigenvalue weighted by Gasteiger charge is -2.02. The molecule has 0 fully saturated rings. The van der Waals surface area contributed by atoms with Gasteiger partial charge in [0.05, 0.1) is 0 Å². The van der Waals surface area contributed by atoms with Gasteiger partial charge in [-0.2, -0.15) is 0 Å². The van der Waals surface area contributed by atoms with Crippen molar-refractivity contribution in [2.45, 2.75) is 13.3 Å². The monoisotopic (exact) mass is 173 g/mol. The summed E-state index contributed by atoms with van der Waals surface area (Å²) in [5.41, 5.74) is 1.52. The third-order valence-corrected chi connectivity index (χ3v) is 1.63. The zero-order valence-corrected chi connectivity index (χ0v) is 7.50.